The van der Waals surface area contributed by atoms with Gasteiger partial charge in [-0.3, -0.25) is 14.5 Å². The van der Waals surface area contributed by atoms with Gasteiger partial charge in [-0.15, -0.1) is 11.3 Å². The van der Waals surface area contributed by atoms with Crippen LogP contribution < -0.4 is 9.64 Å². The maximum atomic E-state index is 13.4. The number of Topliss-reactive ketones (excluding diaryl/α,β-unsaturated/α-hetero) is 1. The van der Waals surface area contributed by atoms with Gasteiger partial charge in [0, 0.05) is 10.4 Å². The molecular formula is C24H21FN2O4S. The molecular weight excluding hydrogens is 431 g/mol. The molecule has 2 aromatic carbocycles. The molecule has 1 saturated heterocycles. The second-order valence-corrected chi connectivity index (χ2v) is 8.50. The summed E-state index contributed by atoms with van der Waals surface area (Å²) in [6, 6.07) is 11.2. The molecule has 1 aliphatic rings. The Kier molecular flexibility index (Phi) is 5.80. The fourth-order valence-electron chi connectivity index (χ4n) is 3.58. The van der Waals surface area contributed by atoms with E-state index in [0.717, 1.165) is 10.6 Å². The fraction of sp³-hybridized carbons (Fsp3) is 0.208. The lowest BCUT2D eigenvalue weighted by molar-refractivity contribution is -0.132. The fourth-order valence-corrected chi connectivity index (χ4v) is 4.52. The molecule has 1 aliphatic heterocycles. The first-order valence-electron chi connectivity index (χ1n) is 10.1. The molecule has 32 heavy (non-hydrogen) atoms. The van der Waals surface area contributed by atoms with E-state index in [-0.39, 0.29) is 16.9 Å². The number of aliphatic hydroxyl groups excluding tert-OH is 1. The third kappa shape index (κ3) is 3.78. The van der Waals surface area contributed by atoms with Crippen molar-refractivity contribution in [3.05, 3.63) is 81.6 Å². The van der Waals surface area contributed by atoms with Gasteiger partial charge in [0.25, 0.3) is 5.78 Å². The first-order valence-corrected chi connectivity index (χ1v) is 10.9. The summed E-state index contributed by atoms with van der Waals surface area (Å²) in [4.78, 5) is 32.9. The van der Waals surface area contributed by atoms with Gasteiger partial charge < -0.3 is 9.84 Å². The van der Waals surface area contributed by atoms with E-state index in [1.165, 1.54) is 40.5 Å². The van der Waals surface area contributed by atoms with Crippen LogP contribution in [-0.4, -0.2) is 28.4 Å². The molecule has 1 amide bonds. The summed E-state index contributed by atoms with van der Waals surface area (Å²) in [7, 11) is 0. The van der Waals surface area contributed by atoms with Crippen LogP contribution in [0, 0.1) is 19.7 Å². The minimum Gasteiger partial charge on any atom is -0.507 e. The number of rotatable bonds is 5. The van der Waals surface area contributed by atoms with Gasteiger partial charge in [0.1, 0.15) is 17.3 Å². The maximum Gasteiger partial charge on any atom is 0.301 e. The summed E-state index contributed by atoms with van der Waals surface area (Å²) < 4.78 is 18.9. The van der Waals surface area contributed by atoms with Gasteiger partial charge in [0.15, 0.2) is 5.13 Å². The van der Waals surface area contributed by atoms with E-state index in [2.05, 4.69) is 4.98 Å². The van der Waals surface area contributed by atoms with Gasteiger partial charge in [0.2, 0.25) is 0 Å². The van der Waals surface area contributed by atoms with Crippen molar-refractivity contribution in [1.82, 2.24) is 4.98 Å². The van der Waals surface area contributed by atoms with Gasteiger partial charge >= 0.3 is 5.91 Å². The molecule has 0 aliphatic carbocycles. The average Bonchev–Trinajstić information content (AvgIpc) is 3.24. The molecule has 1 atom stereocenters. The molecule has 3 aromatic rings. The summed E-state index contributed by atoms with van der Waals surface area (Å²) in [5.74, 6) is -1.79. The zero-order valence-electron chi connectivity index (χ0n) is 17.8. The van der Waals surface area contributed by atoms with Crippen LogP contribution in [0.4, 0.5) is 9.52 Å². The molecule has 0 bridgehead atoms. The van der Waals surface area contributed by atoms with Crippen molar-refractivity contribution < 1.29 is 23.8 Å². The number of amides is 1. The molecule has 1 N–H and O–H groups in total. The van der Waals surface area contributed by atoms with Crippen molar-refractivity contribution in [3.8, 4) is 5.75 Å². The second kappa shape index (κ2) is 8.55. The quantitative estimate of drug-likeness (QED) is 0.338. The standard InChI is InChI=1S/C24H21FN2O4S/c1-4-31-18-11-7-15(8-12-18)20-19(21(28)16-5-9-17(25)10-6-16)22(29)23(30)27(20)24-26-13(2)14(3)32-24/h5-12,20,28H,4H2,1-3H3/t20-/m1/s1. The Hall–Kier alpha value is -3.52. The first kappa shape index (κ1) is 21.7. The van der Waals surface area contributed by atoms with Crippen LogP contribution >= 0.6 is 11.3 Å². The molecule has 1 aromatic heterocycles. The molecule has 164 valence electrons. The highest BCUT2D eigenvalue weighted by molar-refractivity contribution is 7.16. The van der Waals surface area contributed by atoms with Crippen LogP contribution in [0.25, 0.3) is 5.76 Å². The number of ether oxygens (including phenoxy) is 1. The van der Waals surface area contributed by atoms with Crippen molar-refractivity contribution in [2.75, 3.05) is 11.5 Å². The number of hydrogen-bond acceptors (Lipinski definition) is 6. The van der Waals surface area contributed by atoms with E-state index < -0.39 is 23.5 Å². The molecule has 2 heterocycles. The third-order valence-corrected chi connectivity index (χ3v) is 6.36. The number of ketones is 1. The molecule has 0 saturated carbocycles. The van der Waals surface area contributed by atoms with Crippen LogP contribution in [-0.2, 0) is 9.59 Å². The lowest BCUT2D eigenvalue weighted by atomic mass is 9.95. The van der Waals surface area contributed by atoms with Crippen LogP contribution in [0.2, 0.25) is 0 Å². The number of aryl methyl sites for hydroxylation is 2. The Labute approximate surface area is 188 Å². The number of aliphatic hydroxyl groups is 1. The highest BCUT2D eigenvalue weighted by Crippen LogP contribution is 2.44. The summed E-state index contributed by atoms with van der Waals surface area (Å²) in [6.07, 6.45) is 0. The Morgan fingerprint density at radius 1 is 1.12 bits per heavy atom. The Morgan fingerprint density at radius 2 is 1.78 bits per heavy atom. The van der Waals surface area contributed by atoms with Gasteiger partial charge in [-0.2, -0.15) is 0 Å². The minimum atomic E-state index is -0.888. The molecule has 0 radical (unpaired) electrons. The molecule has 1 fully saturated rings. The Morgan fingerprint density at radius 3 is 2.34 bits per heavy atom. The predicted octanol–water partition coefficient (Wildman–Crippen LogP) is 4.92. The minimum absolute atomic E-state index is 0.0729. The van der Waals surface area contributed by atoms with E-state index in [0.29, 0.717) is 23.1 Å². The number of nitrogens with zero attached hydrogens (tertiary/aromatic N) is 2. The summed E-state index contributed by atoms with van der Waals surface area (Å²) >= 11 is 1.30. The number of benzene rings is 2. The van der Waals surface area contributed by atoms with Crippen molar-refractivity contribution in [2.45, 2.75) is 26.8 Å². The SMILES string of the molecule is CCOc1ccc([C@@H]2C(=C(O)c3ccc(F)cc3)C(=O)C(=O)N2c2nc(C)c(C)s2)cc1. The maximum absolute atomic E-state index is 13.4. The largest absolute Gasteiger partial charge is 0.507 e. The molecule has 6 nitrogen and oxygen atoms in total. The summed E-state index contributed by atoms with van der Waals surface area (Å²) in [5.41, 5.74) is 1.54. The van der Waals surface area contributed by atoms with Crippen LogP contribution in [0.15, 0.2) is 54.1 Å². The third-order valence-electron chi connectivity index (χ3n) is 5.29. The normalized spacial score (nSPS) is 17.8. The smallest absolute Gasteiger partial charge is 0.301 e. The number of halogens is 1. The number of anilines is 1. The van der Waals surface area contributed by atoms with Crippen LogP contribution in [0.5, 0.6) is 5.75 Å². The van der Waals surface area contributed by atoms with Crippen molar-refractivity contribution in [3.63, 3.8) is 0 Å². The lowest BCUT2D eigenvalue weighted by Gasteiger charge is -2.23. The van der Waals surface area contributed by atoms with E-state index in [1.807, 2.05) is 20.8 Å². The van der Waals surface area contributed by atoms with Gasteiger partial charge in [-0.25, -0.2) is 9.37 Å². The molecule has 4 rings (SSSR count). The zero-order valence-corrected chi connectivity index (χ0v) is 18.6. The highest BCUT2D eigenvalue weighted by atomic mass is 32.1. The lowest BCUT2D eigenvalue weighted by Crippen LogP contribution is -2.29. The number of aromatic nitrogens is 1. The van der Waals surface area contributed by atoms with Gasteiger partial charge in [0.05, 0.1) is 23.9 Å². The first-order chi connectivity index (χ1) is 15.3. The topological polar surface area (TPSA) is 79.7 Å². The average molecular weight is 453 g/mol. The number of hydrogen-bond donors (Lipinski definition) is 1. The number of carbonyl (C=O) groups is 2. The zero-order chi connectivity index (χ0) is 23.0. The van der Waals surface area contributed by atoms with Crippen molar-refractivity contribution in [1.29, 1.82) is 0 Å². The van der Waals surface area contributed by atoms with Gasteiger partial charge in [-0.1, -0.05) is 12.1 Å². The monoisotopic (exact) mass is 452 g/mol. The van der Waals surface area contributed by atoms with E-state index in [9.17, 15) is 19.1 Å². The Bertz CT molecular complexity index is 1200. The second-order valence-electron chi connectivity index (χ2n) is 7.32. The molecule has 8 heteroatoms. The summed E-state index contributed by atoms with van der Waals surface area (Å²) in [6.45, 7) is 6.09. The predicted molar refractivity (Wildman–Crippen MR) is 120 cm³/mol. The van der Waals surface area contributed by atoms with Crippen LogP contribution in [0.1, 0.15) is 34.7 Å². The molecule has 0 unspecified atom stereocenters. The molecule has 0 spiro atoms. The van der Waals surface area contributed by atoms with Crippen molar-refractivity contribution in [2.24, 2.45) is 0 Å². The summed E-state index contributed by atoms with van der Waals surface area (Å²) in [5, 5.41) is 11.4. The number of thiazole rings is 1. The number of carbonyl (C=O) groups excluding carboxylic acids is 2. The highest BCUT2D eigenvalue weighted by Gasteiger charge is 2.48. The van der Waals surface area contributed by atoms with E-state index in [4.69, 9.17) is 4.74 Å². The van der Waals surface area contributed by atoms with Gasteiger partial charge in [-0.05, 0) is 62.7 Å². The van der Waals surface area contributed by atoms with Crippen molar-refractivity contribution >= 4 is 33.9 Å². The van der Waals surface area contributed by atoms with E-state index in [1.54, 1.807) is 24.3 Å². The Balaban J connectivity index is 1.90. The van der Waals surface area contributed by atoms with E-state index >= 15 is 0 Å². The van der Waals surface area contributed by atoms with Crippen LogP contribution in [0.3, 0.4) is 0 Å².